The van der Waals surface area contributed by atoms with Crippen molar-refractivity contribution in [3.63, 3.8) is 0 Å². The number of carbonyl (C=O) groups is 1. The summed E-state index contributed by atoms with van der Waals surface area (Å²) in [4.78, 5) is 22.5. The molecule has 0 unspecified atom stereocenters. The molecule has 0 aromatic heterocycles. The summed E-state index contributed by atoms with van der Waals surface area (Å²) >= 11 is 0. The zero-order valence-corrected chi connectivity index (χ0v) is 16.9. The topological polar surface area (TPSA) is 81.5 Å². The van der Waals surface area contributed by atoms with Crippen LogP contribution < -0.4 is 5.32 Å². The number of benzene rings is 3. The number of rotatable bonds is 4. The molecule has 6 heteroatoms. The van der Waals surface area contributed by atoms with Gasteiger partial charge in [0.25, 0.3) is 5.69 Å². The number of amides is 1. The van der Waals surface area contributed by atoms with Gasteiger partial charge in [-0.1, -0.05) is 60.4 Å². The number of carbonyl (C=O) groups excluding carboxylic acids is 1. The van der Waals surface area contributed by atoms with E-state index in [2.05, 4.69) is 41.4 Å². The number of aryl methyl sites for hydroxylation is 1. The third kappa shape index (κ3) is 4.26. The average molecular weight is 412 g/mol. The SMILES string of the molecule is Cc1cc([N+](=O)[O-])ccc1C#CCNC(=O)OCC1c2ccccc2-c2ccccc21. The Hall–Kier alpha value is -4.11. The van der Waals surface area contributed by atoms with Crippen molar-refractivity contribution >= 4 is 11.8 Å². The molecular weight excluding hydrogens is 392 g/mol. The van der Waals surface area contributed by atoms with Gasteiger partial charge in [-0.15, -0.1) is 0 Å². The second kappa shape index (κ2) is 8.72. The molecular formula is C25H20N2O4. The monoisotopic (exact) mass is 412 g/mol. The maximum Gasteiger partial charge on any atom is 0.407 e. The quantitative estimate of drug-likeness (QED) is 0.379. The summed E-state index contributed by atoms with van der Waals surface area (Å²) in [5.41, 5.74) is 6.09. The van der Waals surface area contributed by atoms with Gasteiger partial charge in [-0.2, -0.15) is 0 Å². The lowest BCUT2D eigenvalue weighted by molar-refractivity contribution is -0.384. The van der Waals surface area contributed by atoms with Crippen LogP contribution in [0.1, 0.15) is 28.2 Å². The highest BCUT2D eigenvalue weighted by Crippen LogP contribution is 2.44. The number of nitro benzene ring substituents is 1. The Balaban J connectivity index is 1.34. The summed E-state index contributed by atoms with van der Waals surface area (Å²) < 4.78 is 5.46. The number of alkyl carbamates (subject to hydrolysis) is 1. The minimum Gasteiger partial charge on any atom is -0.449 e. The largest absolute Gasteiger partial charge is 0.449 e. The highest BCUT2D eigenvalue weighted by atomic mass is 16.6. The van der Waals surface area contributed by atoms with Crippen LogP contribution in [0.15, 0.2) is 66.7 Å². The lowest BCUT2D eigenvalue weighted by Gasteiger charge is -2.14. The highest BCUT2D eigenvalue weighted by molar-refractivity contribution is 5.79. The number of non-ortho nitro benzene ring substituents is 1. The van der Waals surface area contributed by atoms with Crippen molar-refractivity contribution in [1.29, 1.82) is 0 Å². The van der Waals surface area contributed by atoms with Gasteiger partial charge in [0, 0.05) is 23.6 Å². The van der Waals surface area contributed by atoms with E-state index in [4.69, 9.17) is 4.74 Å². The van der Waals surface area contributed by atoms with Gasteiger partial charge in [0.15, 0.2) is 0 Å². The van der Waals surface area contributed by atoms with E-state index >= 15 is 0 Å². The summed E-state index contributed by atoms with van der Waals surface area (Å²) in [6, 6.07) is 20.8. The smallest absolute Gasteiger partial charge is 0.407 e. The third-order valence-corrected chi connectivity index (χ3v) is 5.31. The molecule has 1 aliphatic carbocycles. The average Bonchev–Trinajstić information content (AvgIpc) is 3.10. The van der Waals surface area contributed by atoms with Crippen LogP contribution in [0.2, 0.25) is 0 Å². The van der Waals surface area contributed by atoms with Crippen LogP contribution >= 0.6 is 0 Å². The Morgan fingerprint density at radius 2 is 1.71 bits per heavy atom. The van der Waals surface area contributed by atoms with E-state index in [1.54, 1.807) is 13.0 Å². The van der Waals surface area contributed by atoms with Crippen molar-refractivity contribution in [2.24, 2.45) is 0 Å². The van der Waals surface area contributed by atoms with Gasteiger partial charge in [-0.25, -0.2) is 4.79 Å². The molecule has 0 fully saturated rings. The first-order chi connectivity index (χ1) is 15.0. The lowest BCUT2D eigenvalue weighted by Crippen LogP contribution is -2.26. The van der Waals surface area contributed by atoms with Gasteiger partial charge in [0.05, 0.1) is 11.5 Å². The number of fused-ring (bicyclic) bond motifs is 3. The molecule has 1 N–H and O–H groups in total. The predicted molar refractivity (Wildman–Crippen MR) is 118 cm³/mol. The Kier molecular flexibility index (Phi) is 5.67. The number of hydrogen-bond acceptors (Lipinski definition) is 4. The molecule has 31 heavy (non-hydrogen) atoms. The van der Waals surface area contributed by atoms with Crippen LogP contribution in [0.5, 0.6) is 0 Å². The third-order valence-electron chi connectivity index (χ3n) is 5.31. The predicted octanol–water partition coefficient (Wildman–Crippen LogP) is 4.79. The van der Waals surface area contributed by atoms with Crippen LogP contribution in [0.4, 0.5) is 10.5 Å². The summed E-state index contributed by atoms with van der Waals surface area (Å²) in [5.74, 6) is 5.77. The fraction of sp³-hybridized carbons (Fsp3) is 0.160. The molecule has 154 valence electrons. The second-order valence-corrected chi connectivity index (χ2v) is 7.24. The van der Waals surface area contributed by atoms with Gasteiger partial charge in [-0.3, -0.25) is 10.1 Å². The maximum atomic E-state index is 12.1. The van der Waals surface area contributed by atoms with Crippen LogP contribution in [0.25, 0.3) is 11.1 Å². The molecule has 0 saturated heterocycles. The maximum absolute atomic E-state index is 12.1. The van der Waals surface area contributed by atoms with Crippen LogP contribution in [0, 0.1) is 28.9 Å². The van der Waals surface area contributed by atoms with Gasteiger partial charge < -0.3 is 10.1 Å². The molecule has 0 heterocycles. The number of nitro groups is 1. The molecule has 4 rings (SSSR count). The standard InChI is InChI=1S/C25H20N2O4/c1-17-15-19(27(29)30)13-12-18(17)7-6-14-26-25(28)31-16-24-22-10-4-2-8-20(22)21-9-3-5-11-23(21)24/h2-5,8-13,15,24H,14,16H2,1H3,(H,26,28). The summed E-state index contributed by atoms with van der Waals surface area (Å²) in [6.45, 7) is 2.12. The Morgan fingerprint density at radius 3 is 2.32 bits per heavy atom. The number of ether oxygens (including phenoxy) is 1. The van der Waals surface area contributed by atoms with Gasteiger partial charge in [0.2, 0.25) is 0 Å². The van der Waals surface area contributed by atoms with Crippen LogP contribution in [0.3, 0.4) is 0 Å². The van der Waals surface area contributed by atoms with E-state index < -0.39 is 11.0 Å². The molecule has 1 amide bonds. The molecule has 0 atom stereocenters. The van der Waals surface area contributed by atoms with Crippen LogP contribution in [-0.2, 0) is 4.74 Å². The Labute approximate surface area is 180 Å². The van der Waals surface area contributed by atoms with Crippen molar-refractivity contribution in [3.05, 3.63) is 99.1 Å². The molecule has 6 nitrogen and oxygen atoms in total. The van der Waals surface area contributed by atoms with Gasteiger partial charge in [-0.05, 0) is 40.8 Å². The fourth-order valence-electron chi connectivity index (χ4n) is 3.81. The first-order valence-electron chi connectivity index (χ1n) is 9.87. The van der Waals surface area contributed by atoms with Crippen molar-refractivity contribution in [3.8, 4) is 23.0 Å². The minimum absolute atomic E-state index is 0.00648. The Morgan fingerprint density at radius 1 is 1.06 bits per heavy atom. The molecule has 3 aromatic rings. The molecule has 0 saturated carbocycles. The normalized spacial score (nSPS) is 11.6. The van der Waals surface area contributed by atoms with E-state index in [9.17, 15) is 14.9 Å². The van der Waals surface area contributed by atoms with Crippen molar-refractivity contribution in [2.75, 3.05) is 13.2 Å². The van der Waals surface area contributed by atoms with E-state index in [1.165, 1.54) is 23.3 Å². The number of nitrogens with zero attached hydrogens (tertiary/aromatic N) is 1. The Bertz CT molecular complexity index is 1180. The van der Waals surface area contributed by atoms with Crippen LogP contribution in [-0.4, -0.2) is 24.2 Å². The lowest BCUT2D eigenvalue weighted by atomic mass is 9.98. The highest BCUT2D eigenvalue weighted by Gasteiger charge is 2.28. The summed E-state index contributed by atoms with van der Waals surface area (Å²) in [7, 11) is 0. The molecule has 1 aliphatic rings. The van der Waals surface area contributed by atoms with Gasteiger partial charge >= 0.3 is 6.09 Å². The van der Waals surface area contributed by atoms with Gasteiger partial charge in [0.1, 0.15) is 6.61 Å². The van der Waals surface area contributed by atoms with Crippen molar-refractivity contribution < 1.29 is 14.5 Å². The van der Waals surface area contributed by atoms with Crippen molar-refractivity contribution in [1.82, 2.24) is 5.32 Å². The zero-order chi connectivity index (χ0) is 21.8. The second-order valence-electron chi connectivity index (χ2n) is 7.24. The molecule has 3 aromatic carbocycles. The fourth-order valence-corrected chi connectivity index (χ4v) is 3.81. The number of hydrogen-bond donors (Lipinski definition) is 1. The zero-order valence-electron chi connectivity index (χ0n) is 16.9. The first-order valence-corrected chi connectivity index (χ1v) is 9.87. The molecule has 0 bridgehead atoms. The van der Waals surface area contributed by atoms with Crippen molar-refractivity contribution in [2.45, 2.75) is 12.8 Å². The molecule has 0 radical (unpaired) electrons. The van der Waals surface area contributed by atoms with E-state index in [-0.39, 0.29) is 24.8 Å². The molecule has 0 spiro atoms. The summed E-state index contributed by atoms with van der Waals surface area (Å²) in [5, 5.41) is 13.4. The summed E-state index contributed by atoms with van der Waals surface area (Å²) in [6.07, 6.45) is -0.531. The minimum atomic E-state index is -0.531. The van der Waals surface area contributed by atoms with E-state index in [0.29, 0.717) is 11.1 Å². The van der Waals surface area contributed by atoms with E-state index in [1.807, 2.05) is 24.3 Å². The first kappa shape index (κ1) is 20.2. The van der Waals surface area contributed by atoms with E-state index in [0.717, 1.165) is 11.1 Å². The number of nitrogens with one attached hydrogen (secondary N) is 1. The molecule has 0 aliphatic heterocycles.